The number of anilines is 1. The predicted octanol–water partition coefficient (Wildman–Crippen LogP) is 4.37. The lowest BCUT2D eigenvalue weighted by Crippen LogP contribution is -2.36. The Balaban J connectivity index is 1.64. The van der Waals surface area contributed by atoms with Crippen molar-refractivity contribution in [1.82, 2.24) is 10.3 Å². The number of nitrogens with zero attached hydrogens (tertiary/aromatic N) is 1. The number of thiazole rings is 1. The minimum atomic E-state index is -0.651. The first-order valence-electron chi connectivity index (χ1n) is 8.99. The quantitative estimate of drug-likeness (QED) is 0.645. The van der Waals surface area contributed by atoms with Gasteiger partial charge in [-0.05, 0) is 61.2 Å². The molecule has 0 aliphatic heterocycles. The van der Waals surface area contributed by atoms with E-state index in [0.29, 0.717) is 18.2 Å². The fraction of sp³-hybridized carbons (Fsp3) is 0.286. The van der Waals surface area contributed by atoms with Crippen LogP contribution in [-0.2, 0) is 9.59 Å². The van der Waals surface area contributed by atoms with E-state index in [-0.39, 0.29) is 0 Å². The first-order valence-corrected chi connectivity index (χ1v) is 9.81. The summed E-state index contributed by atoms with van der Waals surface area (Å²) in [5.74, 6) is -0.782. The third kappa shape index (κ3) is 4.92. The maximum Gasteiger partial charge on any atom is 0.313 e. The van der Waals surface area contributed by atoms with E-state index in [2.05, 4.69) is 48.5 Å². The Morgan fingerprint density at radius 2 is 1.81 bits per heavy atom. The lowest BCUT2D eigenvalue weighted by atomic mass is 10.1. The van der Waals surface area contributed by atoms with Gasteiger partial charge in [0.05, 0.1) is 10.2 Å². The molecule has 140 valence electrons. The summed E-state index contributed by atoms with van der Waals surface area (Å²) < 4.78 is 1.15. The largest absolute Gasteiger partial charge is 0.348 e. The first-order chi connectivity index (χ1) is 12.9. The fourth-order valence-electron chi connectivity index (χ4n) is 2.59. The van der Waals surface area contributed by atoms with Crippen LogP contribution in [0.2, 0.25) is 0 Å². The summed E-state index contributed by atoms with van der Waals surface area (Å²) >= 11 is 1.64. The highest BCUT2D eigenvalue weighted by Crippen LogP contribution is 2.31. The number of carbonyl (C=O) groups is 2. The SMILES string of the molecule is Cc1ccc2nc(-c3ccc(NC(=O)C(=O)NCCC(C)C)cc3)sc2c1. The van der Waals surface area contributed by atoms with Crippen molar-refractivity contribution in [2.45, 2.75) is 27.2 Å². The van der Waals surface area contributed by atoms with Gasteiger partial charge in [0.1, 0.15) is 5.01 Å². The van der Waals surface area contributed by atoms with Gasteiger partial charge in [-0.2, -0.15) is 0 Å². The van der Waals surface area contributed by atoms with Gasteiger partial charge in [0.2, 0.25) is 0 Å². The van der Waals surface area contributed by atoms with Crippen LogP contribution >= 0.6 is 11.3 Å². The van der Waals surface area contributed by atoms with Gasteiger partial charge in [-0.15, -0.1) is 11.3 Å². The molecule has 27 heavy (non-hydrogen) atoms. The second kappa shape index (κ2) is 8.31. The number of amides is 2. The number of nitrogens with one attached hydrogen (secondary N) is 2. The van der Waals surface area contributed by atoms with Gasteiger partial charge in [-0.1, -0.05) is 19.9 Å². The molecule has 0 aliphatic rings. The molecule has 3 rings (SSSR count). The van der Waals surface area contributed by atoms with Crippen LogP contribution in [0.5, 0.6) is 0 Å². The van der Waals surface area contributed by atoms with Crippen LogP contribution in [0.15, 0.2) is 42.5 Å². The summed E-state index contributed by atoms with van der Waals surface area (Å²) in [4.78, 5) is 28.4. The van der Waals surface area contributed by atoms with Crippen LogP contribution in [0, 0.1) is 12.8 Å². The van der Waals surface area contributed by atoms with E-state index >= 15 is 0 Å². The fourth-order valence-corrected chi connectivity index (χ4v) is 3.66. The van der Waals surface area contributed by atoms with Crippen molar-refractivity contribution < 1.29 is 9.59 Å². The van der Waals surface area contributed by atoms with Gasteiger partial charge >= 0.3 is 11.8 Å². The van der Waals surface area contributed by atoms with Gasteiger partial charge in [0.15, 0.2) is 0 Å². The molecule has 0 fully saturated rings. The second-order valence-corrected chi connectivity index (χ2v) is 7.99. The third-order valence-corrected chi connectivity index (χ3v) is 5.21. The van der Waals surface area contributed by atoms with Crippen LogP contribution in [0.4, 0.5) is 5.69 Å². The Kier molecular flexibility index (Phi) is 5.86. The van der Waals surface area contributed by atoms with E-state index in [9.17, 15) is 9.59 Å². The second-order valence-electron chi connectivity index (χ2n) is 6.96. The van der Waals surface area contributed by atoms with E-state index in [1.807, 2.05) is 18.2 Å². The molecule has 0 unspecified atom stereocenters. The average Bonchev–Trinajstić information content (AvgIpc) is 3.05. The van der Waals surface area contributed by atoms with Crippen LogP contribution in [0.25, 0.3) is 20.8 Å². The van der Waals surface area contributed by atoms with Gasteiger partial charge < -0.3 is 10.6 Å². The first kappa shape index (κ1) is 19.0. The van der Waals surface area contributed by atoms with Crippen LogP contribution in [0.3, 0.4) is 0 Å². The Bertz CT molecular complexity index is 961. The molecular weight excluding hydrogens is 358 g/mol. The highest BCUT2D eigenvalue weighted by Gasteiger charge is 2.13. The van der Waals surface area contributed by atoms with Crippen molar-refractivity contribution in [1.29, 1.82) is 0 Å². The average molecular weight is 382 g/mol. The van der Waals surface area contributed by atoms with Crippen LogP contribution < -0.4 is 10.6 Å². The monoisotopic (exact) mass is 381 g/mol. The highest BCUT2D eigenvalue weighted by atomic mass is 32.1. The predicted molar refractivity (Wildman–Crippen MR) is 111 cm³/mol. The molecule has 0 saturated carbocycles. The minimum absolute atomic E-state index is 0.479. The van der Waals surface area contributed by atoms with Crippen molar-refractivity contribution in [3.05, 3.63) is 48.0 Å². The Labute approximate surface area is 162 Å². The summed E-state index contributed by atoms with van der Waals surface area (Å²) in [7, 11) is 0. The number of fused-ring (bicyclic) bond motifs is 1. The summed E-state index contributed by atoms with van der Waals surface area (Å²) in [6, 6.07) is 13.6. The lowest BCUT2D eigenvalue weighted by molar-refractivity contribution is -0.136. The van der Waals surface area contributed by atoms with Gasteiger partial charge in [-0.3, -0.25) is 9.59 Å². The molecule has 0 bridgehead atoms. The number of aromatic nitrogens is 1. The molecule has 6 heteroatoms. The van der Waals surface area contributed by atoms with Crippen LogP contribution in [0.1, 0.15) is 25.8 Å². The van der Waals surface area contributed by atoms with Crippen molar-refractivity contribution in [3.63, 3.8) is 0 Å². The molecule has 0 atom stereocenters. The molecule has 1 aromatic heterocycles. The summed E-state index contributed by atoms with van der Waals surface area (Å²) in [6.45, 7) is 6.70. The standard InChI is InChI=1S/C21H23N3O2S/c1-13(2)10-11-22-19(25)20(26)23-16-7-5-15(6-8-16)21-24-17-9-4-14(3)12-18(17)27-21/h4-9,12-13H,10-11H2,1-3H3,(H,22,25)(H,23,26). The summed E-state index contributed by atoms with van der Waals surface area (Å²) in [5, 5.41) is 6.19. The molecule has 3 aromatic rings. The van der Waals surface area contributed by atoms with Crippen molar-refractivity contribution in [2.24, 2.45) is 5.92 Å². The normalized spacial score (nSPS) is 11.0. The number of rotatable bonds is 5. The zero-order valence-corrected chi connectivity index (χ0v) is 16.5. The molecule has 0 spiro atoms. The van der Waals surface area contributed by atoms with Crippen molar-refractivity contribution in [2.75, 3.05) is 11.9 Å². The maximum atomic E-state index is 12.0. The molecule has 5 nitrogen and oxygen atoms in total. The zero-order chi connectivity index (χ0) is 19.4. The number of hydrogen-bond donors (Lipinski definition) is 2. The van der Waals surface area contributed by atoms with Crippen molar-refractivity contribution >= 4 is 39.1 Å². The lowest BCUT2D eigenvalue weighted by Gasteiger charge is -2.08. The molecule has 1 heterocycles. The Hall–Kier alpha value is -2.73. The third-order valence-electron chi connectivity index (χ3n) is 4.15. The minimum Gasteiger partial charge on any atom is -0.348 e. The molecule has 0 aliphatic carbocycles. The maximum absolute atomic E-state index is 12.0. The summed E-state index contributed by atoms with van der Waals surface area (Å²) in [5.41, 5.74) is 3.76. The molecule has 2 N–H and O–H groups in total. The molecular formula is C21H23N3O2S. The Morgan fingerprint density at radius 1 is 1.07 bits per heavy atom. The van der Waals surface area contributed by atoms with Crippen molar-refractivity contribution in [3.8, 4) is 10.6 Å². The number of hydrogen-bond acceptors (Lipinski definition) is 4. The molecule has 2 amide bonds. The number of carbonyl (C=O) groups excluding carboxylic acids is 2. The molecule has 2 aromatic carbocycles. The molecule has 0 saturated heterocycles. The van der Waals surface area contributed by atoms with Gasteiger partial charge in [0.25, 0.3) is 0 Å². The van der Waals surface area contributed by atoms with E-state index in [1.54, 1.807) is 23.5 Å². The number of aryl methyl sites for hydroxylation is 1. The topological polar surface area (TPSA) is 71.1 Å². The van der Waals surface area contributed by atoms with Crippen LogP contribution in [-0.4, -0.2) is 23.3 Å². The smallest absolute Gasteiger partial charge is 0.313 e. The zero-order valence-electron chi connectivity index (χ0n) is 15.7. The van der Waals surface area contributed by atoms with Gasteiger partial charge in [-0.25, -0.2) is 4.98 Å². The Morgan fingerprint density at radius 3 is 2.52 bits per heavy atom. The highest BCUT2D eigenvalue weighted by molar-refractivity contribution is 7.21. The van der Waals surface area contributed by atoms with E-state index < -0.39 is 11.8 Å². The van der Waals surface area contributed by atoms with Gasteiger partial charge in [0, 0.05) is 17.8 Å². The van der Waals surface area contributed by atoms with E-state index in [1.165, 1.54) is 5.56 Å². The van der Waals surface area contributed by atoms with E-state index in [4.69, 9.17) is 0 Å². The summed E-state index contributed by atoms with van der Waals surface area (Å²) in [6.07, 6.45) is 0.843. The molecule has 0 radical (unpaired) electrons. The number of benzene rings is 2. The van der Waals surface area contributed by atoms with E-state index in [0.717, 1.165) is 27.2 Å².